The molecule has 2 N–H and O–H groups in total. The molecule has 1 saturated heterocycles. The lowest BCUT2D eigenvalue weighted by Crippen LogP contribution is -2.49. The van der Waals surface area contributed by atoms with Gasteiger partial charge in [-0.05, 0) is 23.8 Å². The third-order valence-electron chi connectivity index (χ3n) is 5.77. The van der Waals surface area contributed by atoms with Gasteiger partial charge in [0.15, 0.2) is 0 Å². The van der Waals surface area contributed by atoms with Crippen LogP contribution in [0.2, 0.25) is 0 Å². The van der Waals surface area contributed by atoms with Crippen LogP contribution in [0.15, 0.2) is 54.7 Å². The second-order valence-electron chi connectivity index (χ2n) is 7.75. The van der Waals surface area contributed by atoms with Gasteiger partial charge < -0.3 is 14.8 Å². The number of fused-ring (bicyclic) bond motifs is 1. The van der Waals surface area contributed by atoms with Crippen molar-refractivity contribution in [3.63, 3.8) is 0 Å². The Kier molecular flexibility index (Phi) is 6.51. The van der Waals surface area contributed by atoms with Gasteiger partial charge in [0.25, 0.3) is 0 Å². The van der Waals surface area contributed by atoms with Gasteiger partial charge in [-0.15, -0.1) is 0 Å². The molecule has 1 unspecified atom stereocenters. The van der Waals surface area contributed by atoms with E-state index in [1.165, 1.54) is 0 Å². The van der Waals surface area contributed by atoms with E-state index in [0.29, 0.717) is 31.9 Å². The van der Waals surface area contributed by atoms with E-state index in [0.717, 1.165) is 41.7 Å². The first kappa shape index (κ1) is 20.9. The normalized spacial score (nSPS) is 16.1. The Bertz CT molecular complexity index is 1070. The molecule has 160 valence electrons. The van der Waals surface area contributed by atoms with E-state index in [2.05, 4.69) is 16.0 Å². The van der Waals surface area contributed by atoms with Crippen LogP contribution in [-0.4, -0.2) is 58.6 Å². The summed E-state index contributed by atoms with van der Waals surface area (Å²) in [6, 6.07) is 17.1. The molecule has 0 amide bonds. The molecule has 0 bridgehead atoms. The second kappa shape index (κ2) is 9.65. The van der Waals surface area contributed by atoms with E-state index in [-0.39, 0.29) is 0 Å². The minimum atomic E-state index is -0.859. The highest BCUT2D eigenvalue weighted by Gasteiger charge is 2.32. The van der Waals surface area contributed by atoms with Crippen LogP contribution in [0, 0.1) is 11.3 Å². The maximum Gasteiger partial charge on any atom is 0.325 e. The van der Waals surface area contributed by atoms with E-state index < -0.39 is 12.0 Å². The van der Waals surface area contributed by atoms with Crippen LogP contribution in [0.4, 0.5) is 0 Å². The predicted molar refractivity (Wildman–Crippen MR) is 118 cm³/mol. The van der Waals surface area contributed by atoms with E-state index in [1.807, 2.05) is 53.4 Å². The summed E-state index contributed by atoms with van der Waals surface area (Å²) in [4.78, 5) is 19.7. The van der Waals surface area contributed by atoms with Crippen molar-refractivity contribution in [1.82, 2.24) is 14.8 Å². The van der Waals surface area contributed by atoms with E-state index in [4.69, 9.17) is 10.00 Å². The van der Waals surface area contributed by atoms with Crippen molar-refractivity contribution in [1.29, 1.82) is 5.26 Å². The lowest BCUT2D eigenvalue weighted by atomic mass is 10.0. The molecule has 7 nitrogen and oxygen atoms in total. The highest BCUT2D eigenvalue weighted by molar-refractivity contribution is 5.90. The number of aliphatic carboxylic acids is 1. The first-order chi connectivity index (χ1) is 15.2. The number of carboxylic acids is 1. The molecule has 1 aliphatic heterocycles. The number of piperazine rings is 1. The smallest absolute Gasteiger partial charge is 0.325 e. The van der Waals surface area contributed by atoms with Gasteiger partial charge in [0, 0.05) is 61.8 Å². The number of nitriles is 1. The van der Waals surface area contributed by atoms with E-state index >= 15 is 0 Å². The third-order valence-corrected chi connectivity index (χ3v) is 5.77. The zero-order chi connectivity index (χ0) is 21.6. The monoisotopic (exact) mass is 418 g/mol. The Hall–Kier alpha value is -3.34. The third kappa shape index (κ3) is 4.88. The zero-order valence-corrected chi connectivity index (χ0v) is 17.3. The fraction of sp³-hybridized carbons (Fsp3) is 0.333. The molecule has 2 heterocycles. The second-order valence-corrected chi connectivity index (χ2v) is 7.75. The molecule has 4 rings (SSSR count). The number of nitrogens with one attached hydrogen (secondary N) is 1. The summed E-state index contributed by atoms with van der Waals surface area (Å²) in [7, 11) is 0. The summed E-state index contributed by atoms with van der Waals surface area (Å²) < 4.78 is 5.95. The maximum absolute atomic E-state index is 12.2. The van der Waals surface area contributed by atoms with Gasteiger partial charge in [-0.2, -0.15) is 5.26 Å². The minimum absolute atomic E-state index is 0.457. The fourth-order valence-electron chi connectivity index (χ4n) is 4.12. The summed E-state index contributed by atoms with van der Waals surface area (Å²) in [6.45, 7) is 4.02. The van der Waals surface area contributed by atoms with Crippen molar-refractivity contribution >= 4 is 16.9 Å². The topological polar surface area (TPSA) is 92.6 Å². The van der Waals surface area contributed by atoms with Crippen LogP contribution in [-0.2, 0) is 11.4 Å². The number of hydrogen-bond donors (Lipinski definition) is 2. The first-order valence-electron chi connectivity index (χ1n) is 10.5. The molecular formula is C24H26N4O3. The summed E-state index contributed by atoms with van der Waals surface area (Å²) in [5.41, 5.74) is 2.72. The highest BCUT2D eigenvalue weighted by atomic mass is 16.5. The lowest BCUT2D eigenvalue weighted by Gasteiger charge is -2.37. The average molecular weight is 418 g/mol. The zero-order valence-electron chi connectivity index (χ0n) is 17.3. The fourth-order valence-corrected chi connectivity index (χ4v) is 4.12. The molecule has 1 atom stereocenters. The van der Waals surface area contributed by atoms with Gasteiger partial charge in [0.05, 0.1) is 6.07 Å². The van der Waals surface area contributed by atoms with Gasteiger partial charge in [-0.3, -0.25) is 14.6 Å². The van der Waals surface area contributed by atoms with Crippen LogP contribution in [0.3, 0.4) is 0 Å². The van der Waals surface area contributed by atoms with Crippen LogP contribution in [0.25, 0.3) is 10.9 Å². The molecule has 1 aromatic heterocycles. The molecular weight excluding hydrogens is 392 g/mol. The Morgan fingerprint density at radius 2 is 1.94 bits per heavy atom. The molecule has 1 aliphatic rings. The number of aromatic amines is 1. The van der Waals surface area contributed by atoms with Gasteiger partial charge >= 0.3 is 5.97 Å². The summed E-state index contributed by atoms with van der Waals surface area (Å²) in [6.07, 6.45) is 2.29. The Labute approximate surface area is 181 Å². The number of carbonyl (C=O) groups is 1. The minimum Gasteiger partial charge on any atom is -0.489 e. The first-order valence-corrected chi connectivity index (χ1v) is 10.5. The van der Waals surface area contributed by atoms with Crippen LogP contribution < -0.4 is 4.74 Å². The summed E-state index contributed by atoms with van der Waals surface area (Å²) in [5.74, 6) is -0.148. The Morgan fingerprint density at radius 3 is 2.65 bits per heavy atom. The summed E-state index contributed by atoms with van der Waals surface area (Å²) in [5, 5.41) is 19.7. The molecule has 0 aliphatic carbocycles. The van der Waals surface area contributed by atoms with Crippen LogP contribution >= 0.6 is 0 Å². The molecule has 0 radical (unpaired) electrons. The van der Waals surface area contributed by atoms with Crippen molar-refractivity contribution in [2.24, 2.45) is 0 Å². The predicted octanol–water partition coefficient (Wildman–Crippen LogP) is 3.40. The molecule has 0 spiro atoms. The van der Waals surface area contributed by atoms with E-state index in [1.54, 1.807) is 6.20 Å². The number of rotatable bonds is 8. The molecule has 2 aromatic carbocycles. The maximum atomic E-state index is 12.2. The quantitative estimate of drug-likeness (QED) is 0.582. The molecule has 1 fully saturated rings. The number of nitrogens with zero attached hydrogens (tertiary/aromatic N) is 3. The van der Waals surface area contributed by atoms with Crippen molar-refractivity contribution < 1.29 is 14.6 Å². The molecule has 31 heavy (non-hydrogen) atoms. The van der Waals surface area contributed by atoms with Crippen molar-refractivity contribution in [3.8, 4) is 11.8 Å². The number of ether oxygens (including phenoxy) is 1. The molecule has 3 aromatic rings. The number of carboxylic acid groups (broad SMARTS) is 1. The van der Waals surface area contributed by atoms with Crippen molar-refractivity contribution in [2.75, 3.05) is 32.7 Å². The highest BCUT2D eigenvalue weighted by Crippen LogP contribution is 2.32. The standard InChI is InChI=1S/C24H26N4O3/c25-9-4-10-27-11-13-28(14-12-27)23(24(29)30)21-16-26-22-8-7-19(15-20(21)22)31-17-18-5-2-1-3-6-18/h1-3,5-8,15-16,23,26H,4,10-14,17H2,(H,29,30). The van der Waals surface area contributed by atoms with Crippen molar-refractivity contribution in [2.45, 2.75) is 19.1 Å². The number of H-pyrrole nitrogens is 1. The van der Waals surface area contributed by atoms with Gasteiger partial charge in [-0.25, -0.2) is 0 Å². The van der Waals surface area contributed by atoms with Gasteiger partial charge in [-0.1, -0.05) is 30.3 Å². The SMILES string of the molecule is N#CCCN1CCN(C(C(=O)O)c2c[nH]c3ccc(OCc4ccccc4)cc23)CC1. The van der Waals surface area contributed by atoms with E-state index in [9.17, 15) is 9.90 Å². The largest absolute Gasteiger partial charge is 0.489 e. The number of aromatic nitrogens is 1. The molecule has 0 saturated carbocycles. The van der Waals surface area contributed by atoms with Gasteiger partial charge in [0.1, 0.15) is 18.4 Å². The van der Waals surface area contributed by atoms with Crippen LogP contribution in [0.5, 0.6) is 5.75 Å². The average Bonchev–Trinajstić information content (AvgIpc) is 3.20. The van der Waals surface area contributed by atoms with Crippen LogP contribution in [0.1, 0.15) is 23.6 Å². The number of benzene rings is 2. The Balaban J connectivity index is 1.52. The number of hydrogen-bond acceptors (Lipinski definition) is 5. The van der Waals surface area contributed by atoms with Gasteiger partial charge in [0.2, 0.25) is 0 Å². The molecule has 7 heteroatoms. The Morgan fingerprint density at radius 1 is 1.16 bits per heavy atom. The van der Waals surface area contributed by atoms with Crippen molar-refractivity contribution in [3.05, 3.63) is 65.9 Å². The summed E-state index contributed by atoms with van der Waals surface area (Å²) >= 11 is 0. The lowest BCUT2D eigenvalue weighted by molar-refractivity contribution is -0.144.